The number of aliphatic hydroxyl groups is 4. The molecule has 20 atom stereocenters. The number of aliphatic hydroxyl groups excluding tert-OH is 3. The maximum Gasteiger partial charge on any atom is 0.311 e. The van der Waals surface area contributed by atoms with Crippen LogP contribution in [0.25, 0.3) is 11.1 Å². The van der Waals surface area contributed by atoms with Gasteiger partial charge in [-0.2, -0.15) is 0 Å². The number of hydrogen-bond acceptors (Lipinski definition) is 19. The number of ketones is 1. The molecule has 6 rings (SSSR count). The zero-order valence-corrected chi connectivity index (χ0v) is 46.8. The van der Waals surface area contributed by atoms with Crippen molar-refractivity contribution >= 4 is 11.8 Å². The van der Waals surface area contributed by atoms with Crippen molar-refractivity contribution in [3.8, 4) is 11.1 Å². The number of carbonyl (C=O) groups excluding carboxylic acids is 2. The second-order valence-electron chi connectivity index (χ2n) is 22.2. The van der Waals surface area contributed by atoms with Gasteiger partial charge in [-0.15, -0.1) is 5.10 Å². The number of Topliss-reactive ketones (excluding diaryl/α,β-unsaturated/α-hetero) is 1. The van der Waals surface area contributed by atoms with E-state index in [0.717, 1.165) is 16.7 Å². The lowest BCUT2D eigenvalue weighted by Gasteiger charge is -2.50. The fourth-order valence-corrected chi connectivity index (χ4v) is 11.7. The lowest BCUT2D eigenvalue weighted by Crippen LogP contribution is -2.61. The molecular weight excluding hydrogens is 988 g/mol. The van der Waals surface area contributed by atoms with Crippen molar-refractivity contribution in [1.29, 1.82) is 0 Å². The van der Waals surface area contributed by atoms with E-state index in [1.54, 1.807) is 60.1 Å². The minimum Gasteiger partial charge on any atom is -0.459 e. The van der Waals surface area contributed by atoms with Crippen LogP contribution in [0.2, 0.25) is 0 Å². The van der Waals surface area contributed by atoms with Crippen LogP contribution in [0, 0.1) is 23.7 Å². The van der Waals surface area contributed by atoms with Gasteiger partial charge in [-0.3, -0.25) is 9.59 Å². The van der Waals surface area contributed by atoms with E-state index in [0.29, 0.717) is 25.1 Å². The van der Waals surface area contributed by atoms with Gasteiger partial charge in [0, 0.05) is 88.7 Å². The van der Waals surface area contributed by atoms with Crippen LogP contribution in [0.3, 0.4) is 0 Å². The second-order valence-corrected chi connectivity index (χ2v) is 22.2. The number of alkyl halides is 1. The second kappa shape index (κ2) is 25.9. The van der Waals surface area contributed by atoms with Crippen LogP contribution in [0.4, 0.5) is 4.39 Å². The van der Waals surface area contributed by atoms with Crippen molar-refractivity contribution in [1.82, 2.24) is 29.9 Å². The number of rotatable bonds is 17. The molecule has 0 saturated carbocycles. The van der Waals surface area contributed by atoms with Crippen LogP contribution in [-0.4, -0.2) is 188 Å². The highest BCUT2D eigenvalue weighted by molar-refractivity contribution is 5.83. The van der Waals surface area contributed by atoms with Gasteiger partial charge >= 0.3 is 5.97 Å². The van der Waals surface area contributed by atoms with E-state index >= 15 is 0 Å². The van der Waals surface area contributed by atoms with Crippen molar-refractivity contribution in [2.45, 2.75) is 198 Å². The summed E-state index contributed by atoms with van der Waals surface area (Å²) in [6.45, 7) is 16.5. The molecule has 0 unspecified atom stereocenters. The molecule has 21 heteroatoms. The van der Waals surface area contributed by atoms with Gasteiger partial charge in [-0.05, 0) is 79.0 Å². The standard InChI is InChI=1S/C55H85FN6O14/c1-15-42-55(10,68)48(65)32(4)44(63)30(2)23-54(9,71-14)50(33(5)46(34(6)51(67)74-42)75-43-24-53(8,70-13)49(66)35(7)73-43)76-52-45(64)40(22-31(3)72-52)61(11)21-20-39-28-62(60-59-39)41(25-56)47(69-12)37-18-16-36(17-19-37)38-26-57-29-58-27-38/h16-19,26-35,40-43,45-50,52,64-66,68H,15,20-25H2,1-14H3/t30-,31-,32+,33+,34-,35+,40+,41-,42-,43+,45-,46+,47-,48-,49+,50-,52+,53-,54-,55-/m1/s1. The summed E-state index contributed by atoms with van der Waals surface area (Å²) < 4.78 is 67.1. The molecule has 3 fully saturated rings. The van der Waals surface area contributed by atoms with Crippen molar-refractivity contribution < 1.29 is 72.3 Å². The van der Waals surface area contributed by atoms with Crippen molar-refractivity contribution in [2.75, 3.05) is 41.6 Å². The Labute approximate surface area is 447 Å². The van der Waals surface area contributed by atoms with Gasteiger partial charge in [0.25, 0.3) is 0 Å². The smallest absolute Gasteiger partial charge is 0.311 e. The molecule has 3 saturated heterocycles. The van der Waals surface area contributed by atoms with Gasteiger partial charge in [0.15, 0.2) is 12.6 Å². The topological polar surface area (TPSA) is 249 Å². The molecule has 4 N–H and O–H groups in total. The van der Waals surface area contributed by atoms with Gasteiger partial charge in [0.2, 0.25) is 0 Å². The van der Waals surface area contributed by atoms with Crippen LogP contribution in [0.5, 0.6) is 0 Å². The van der Waals surface area contributed by atoms with Crippen LogP contribution in [0.15, 0.2) is 49.2 Å². The Balaban J connectivity index is 1.27. The van der Waals surface area contributed by atoms with E-state index < -0.39 is 133 Å². The lowest BCUT2D eigenvalue weighted by atomic mass is 9.74. The summed E-state index contributed by atoms with van der Waals surface area (Å²) in [5.74, 6) is -4.88. The molecule has 0 aliphatic carbocycles. The molecule has 426 valence electrons. The van der Waals surface area contributed by atoms with Crippen LogP contribution < -0.4 is 0 Å². The minimum absolute atomic E-state index is 0.0390. The molecule has 1 aromatic carbocycles. The Morgan fingerprint density at radius 2 is 1.54 bits per heavy atom. The van der Waals surface area contributed by atoms with Gasteiger partial charge in [0.1, 0.15) is 54.8 Å². The maximum atomic E-state index is 14.9. The monoisotopic (exact) mass is 1070 g/mol. The summed E-state index contributed by atoms with van der Waals surface area (Å²) in [5, 5.41) is 55.7. The number of nitrogens with zero attached hydrogens (tertiary/aromatic N) is 6. The van der Waals surface area contributed by atoms with Crippen molar-refractivity contribution in [3.05, 3.63) is 60.4 Å². The number of carbonyl (C=O) groups is 2. The summed E-state index contributed by atoms with van der Waals surface area (Å²) in [6, 6.07) is 6.26. The van der Waals surface area contributed by atoms with Gasteiger partial charge in [0.05, 0.1) is 53.3 Å². The van der Waals surface area contributed by atoms with E-state index in [1.807, 2.05) is 50.1 Å². The third-order valence-corrected chi connectivity index (χ3v) is 16.7. The number of hydrogen-bond donors (Lipinski definition) is 4. The Morgan fingerprint density at radius 1 is 0.882 bits per heavy atom. The molecule has 0 spiro atoms. The molecule has 76 heavy (non-hydrogen) atoms. The van der Waals surface area contributed by atoms with Crippen LogP contribution in [-0.2, 0) is 53.9 Å². The van der Waals surface area contributed by atoms with E-state index in [-0.39, 0.29) is 25.0 Å². The molecule has 3 aromatic rings. The van der Waals surface area contributed by atoms with E-state index in [4.69, 9.17) is 37.9 Å². The number of esters is 1. The average molecular weight is 1070 g/mol. The molecule has 0 radical (unpaired) electrons. The normalized spacial score (nSPS) is 38.1. The van der Waals surface area contributed by atoms with E-state index in [2.05, 4.69) is 20.3 Å². The molecule has 3 aliphatic rings. The fourth-order valence-electron chi connectivity index (χ4n) is 11.7. The van der Waals surface area contributed by atoms with Gasteiger partial charge < -0.3 is 63.2 Å². The number of likely N-dealkylation sites (N-methyl/N-ethyl adjacent to an activating group) is 1. The Hall–Kier alpha value is -3.97. The van der Waals surface area contributed by atoms with E-state index in [9.17, 15) is 34.4 Å². The van der Waals surface area contributed by atoms with Crippen molar-refractivity contribution in [2.24, 2.45) is 23.7 Å². The van der Waals surface area contributed by atoms with Crippen LogP contribution >= 0.6 is 0 Å². The zero-order valence-electron chi connectivity index (χ0n) is 46.8. The first-order chi connectivity index (χ1) is 35.9. The SMILES string of the molecule is CC[C@H]1OC(=O)[C@H](C)[C@@H](O[C@H]2C[C@@](C)(OC)[C@@H](O)[C@H](C)O2)[C@H](C)[C@@H](O[C@@H]2O[C@H](C)C[C@H](N(C)CCc3cn([C@H](CF)[C@H](OC)c4ccc(-c5cncnc5)cc4)nn3)[C@H]2O)[C@](C)(OC)C[C@@H](C)C(=O)[C@H](C)[C@@H](O)[C@]1(C)O. The van der Waals surface area contributed by atoms with Gasteiger partial charge in [-0.25, -0.2) is 19.0 Å². The average Bonchev–Trinajstić information content (AvgIpc) is 3.89. The highest BCUT2D eigenvalue weighted by atomic mass is 19.1. The first kappa shape index (κ1) is 61.2. The molecule has 0 amide bonds. The first-order valence-electron chi connectivity index (χ1n) is 26.7. The largest absolute Gasteiger partial charge is 0.459 e. The summed E-state index contributed by atoms with van der Waals surface area (Å²) in [4.78, 5) is 39.0. The quantitative estimate of drug-likeness (QED) is 0.130. The maximum absolute atomic E-state index is 14.9. The predicted molar refractivity (Wildman–Crippen MR) is 276 cm³/mol. The van der Waals surface area contributed by atoms with Crippen LogP contribution in [0.1, 0.15) is 118 Å². The summed E-state index contributed by atoms with van der Waals surface area (Å²) in [7, 11) is 6.38. The number of cyclic esters (lactones) is 1. The van der Waals surface area contributed by atoms with Crippen molar-refractivity contribution in [3.63, 3.8) is 0 Å². The molecule has 0 bridgehead atoms. The third-order valence-electron chi connectivity index (χ3n) is 16.7. The Kier molecular flexibility index (Phi) is 20.9. The number of benzene rings is 1. The summed E-state index contributed by atoms with van der Waals surface area (Å²) in [6.07, 6.45) is -3.72. The Morgan fingerprint density at radius 3 is 2.14 bits per heavy atom. The predicted octanol–water partition coefficient (Wildman–Crippen LogP) is 5.00. The zero-order chi connectivity index (χ0) is 56.0. The first-order valence-corrected chi connectivity index (χ1v) is 26.7. The molecule has 3 aliphatic heterocycles. The molecular formula is C55H85FN6O14. The fraction of sp³-hybridized carbons (Fsp3) is 0.745. The summed E-state index contributed by atoms with van der Waals surface area (Å²) in [5.41, 5.74) is -1.37. The number of aromatic nitrogens is 5. The van der Waals surface area contributed by atoms with E-state index in [1.165, 1.54) is 46.2 Å². The lowest BCUT2D eigenvalue weighted by molar-refractivity contribution is -0.319. The third kappa shape index (κ3) is 13.4. The number of halogens is 1. The minimum atomic E-state index is -2.02. The Bertz CT molecular complexity index is 2320. The molecule has 2 aromatic heterocycles. The highest BCUT2D eigenvalue weighted by Crippen LogP contribution is 2.42. The number of methoxy groups -OCH3 is 3. The highest BCUT2D eigenvalue weighted by Gasteiger charge is 2.54. The number of ether oxygens (including phenoxy) is 8. The molecule has 5 heterocycles. The molecule has 20 nitrogen and oxygen atoms in total. The van der Waals surface area contributed by atoms with Gasteiger partial charge in [-0.1, -0.05) is 57.2 Å². The summed E-state index contributed by atoms with van der Waals surface area (Å²) >= 11 is 0.